The number of carboxylic acid groups (broad SMARTS) is 1. The van der Waals surface area contributed by atoms with Gasteiger partial charge in [0.1, 0.15) is 17.7 Å². The zero-order valence-electron chi connectivity index (χ0n) is 14.9. The molecule has 0 bridgehead atoms. The summed E-state index contributed by atoms with van der Waals surface area (Å²) >= 11 is 0. The largest absolute Gasteiger partial charge is 0.480 e. The third-order valence-electron chi connectivity index (χ3n) is 5.59. The van der Waals surface area contributed by atoms with Gasteiger partial charge in [-0.2, -0.15) is 10.1 Å². The average molecular weight is 370 g/mol. The molecule has 3 aliphatic rings. The van der Waals surface area contributed by atoms with Crippen molar-refractivity contribution in [3.63, 3.8) is 0 Å². The minimum atomic E-state index is -0.965. The Kier molecular flexibility index (Phi) is 3.78. The van der Waals surface area contributed by atoms with Crippen LogP contribution in [-0.2, 0) is 17.6 Å². The van der Waals surface area contributed by atoms with Crippen LogP contribution in [0.5, 0.6) is 0 Å². The highest BCUT2D eigenvalue weighted by atomic mass is 16.4. The van der Waals surface area contributed by atoms with Crippen molar-refractivity contribution in [2.75, 3.05) is 16.8 Å². The minimum Gasteiger partial charge on any atom is -0.480 e. The summed E-state index contributed by atoms with van der Waals surface area (Å²) in [6, 6.07) is 1.21. The fourth-order valence-electron chi connectivity index (χ4n) is 4.04. The Morgan fingerprint density at radius 2 is 2.15 bits per heavy atom. The molecule has 0 aromatic carbocycles. The van der Waals surface area contributed by atoms with Gasteiger partial charge in [-0.05, 0) is 32.1 Å². The zero-order chi connectivity index (χ0) is 18.5. The van der Waals surface area contributed by atoms with E-state index in [4.69, 9.17) is 0 Å². The number of anilines is 3. The summed E-state index contributed by atoms with van der Waals surface area (Å²) in [6.45, 7) is 0.227. The van der Waals surface area contributed by atoms with E-state index in [-0.39, 0.29) is 13.0 Å². The molecule has 0 spiro atoms. The van der Waals surface area contributed by atoms with E-state index in [1.165, 1.54) is 12.8 Å². The molecule has 2 fully saturated rings. The first-order valence-electron chi connectivity index (χ1n) is 9.48. The molecule has 2 aromatic rings. The molecule has 9 nitrogen and oxygen atoms in total. The quantitative estimate of drug-likeness (QED) is 0.621. The van der Waals surface area contributed by atoms with Gasteiger partial charge in [-0.15, -0.1) is 0 Å². The minimum absolute atomic E-state index is 0.184. The maximum atomic E-state index is 11.6. The maximum Gasteiger partial charge on any atom is 0.326 e. The molecule has 1 saturated heterocycles. The molecule has 2 atom stereocenters. The average Bonchev–Trinajstić information content (AvgIpc) is 3.05. The van der Waals surface area contributed by atoms with Crippen molar-refractivity contribution in [2.24, 2.45) is 0 Å². The molecule has 1 aliphatic heterocycles. The second-order valence-electron chi connectivity index (χ2n) is 7.65. The van der Waals surface area contributed by atoms with Gasteiger partial charge >= 0.3 is 5.97 Å². The lowest BCUT2D eigenvalue weighted by molar-refractivity contribution is -0.138. The van der Waals surface area contributed by atoms with E-state index in [0.717, 1.165) is 42.0 Å². The first kappa shape index (κ1) is 16.5. The Hall–Kier alpha value is -2.68. The molecule has 9 heteroatoms. The number of nitrogens with one attached hydrogen (secondary N) is 2. The van der Waals surface area contributed by atoms with Crippen LogP contribution in [0.2, 0.25) is 0 Å². The Labute approximate surface area is 155 Å². The number of hydrogen-bond acceptors (Lipinski definition) is 7. The van der Waals surface area contributed by atoms with Crippen LogP contribution in [0.3, 0.4) is 0 Å². The monoisotopic (exact) mass is 370 g/mol. The highest BCUT2D eigenvalue weighted by Gasteiger charge is 2.38. The van der Waals surface area contributed by atoms with Gasteiger partial charge in [-0.3, -0.25) is 5.10 Å². The second kappa shape index (κ2) is 6.19. The van der Waals surface area contributed by atoms with Crippen LogP contribution >= 0.6 is 0 Å². The van der Waals surface area contributed by atoms with Gasteiger partial charge in [0, 0.05) is 30.5 Å². The topological polar surface area (TPSA) is 127 Å². The Morgan fingerprint density at radius 3 is 2.93 bits per heavy atom. The Balaban J connectivity index is 1.48. The van der Waals surface area contributed by atoms with Crippen LogP contribution in [0.4, 0.5) is 17.6 Å². The lowest BCUT2D eigenvalue weighted by atomic mass is 10.2. The van der Waals surface area contributed by atoms with Crippen molar-refractivity contribution in [2.45, 2.75) is 56.6 Å². The maximum absolute atomic E-state index is 11.6. The predicted octanol–water partition coefficient (Wildman–Crippen LogP) is 1.33. The fourth-order valence-corrected chi connectivity index (χ4v) is 4.04. The molecular weight excluding hydrogens is 348 g/mol. The Morgan fingerprint density at radius 1 is 1.30 bits per heavy atom. The summed E-state index contributed by atoms with van der Waals surface area (Å²) in [4.78, 5) is 22.4. The molecule has 0 radical (unpaired) electrons. The van der Waals surface area contributed by atoms with Crippen molar-refractivity contribution in [1.82, 2.24) is 20.2 Å². The first-order valence-corrected chi connectivity index (χ1v) is 9.48. The number of H-pyrrole nitrogens is 1. The number of β-amino-alcohol motifs (C(OH)–C–C–N with tert-alkyl or cyclic N) is 1. The molecule has 1 saturated carbocycles. The van der Waals surface area contributed by atoms with Crippen LogP contribution in [0, 0.1) is 0 Å². The number of rotatable bonds is 5. The van der Waals surface area contributed by atoms with Crippen molar-refractivity contribution in [3.8, 4) is 0 Å². The number of carboxylic acids is 1. The van der Waals surface area contributed by atoms with Gasteiger partial charge in [0.15, 0.2) is 0 Å². The van der Waals surface area contributed by atoms with Gasteiger partial charge in [0.2, 0.25) is 5.95 Å². The number of hydrogen-bond donors (Lipinski definition) is 4. The second-order valence-corrected chi connectivity index (χ2v) is 7.65. The van der Waals surface area contributed by atoms with Crippen LogP contribution in [-0.4, -0.2) is 55.0 Å². The summed E-state index contributed by atoms with van der Waals surface area (Å²) in [7, 11) is 0. The fraction of sp³-hybridized carbons (Fsp3) is 0.556. The van der Waals surface area contributed by atoms with Crippen molar-refractivity contribution >= 4 is 23.6 Å². The van der Waals surface area contributed by atoms with Crippen molar-refractivity contribution < 1.29 is 15.0 Å². The number of aromatic nitrogens is 4. The van der Waals surface area contributed by atoms with E-state index >= 15 is 0 Å². The zero-order valence-corrected chi connectivity index (χ0v) is 14.9. The normalized spacial score (nSPS) is 24.3. The van der Waals surface area contributed by atoms with Crippen LogP contribution in [0.25, 0.3) is 0 Å². The number of aliphatic hydroxyl groups excluding tert-OH is 1. The summed E-state index contributed by atoms with van der Waals surface area (Å²) in [5.41, 5.74) is 3.10. The number of aryl methyl sites for hydroxylation is 1. The van der Waals surface area contributed by atoms with E-state index < -0.39 is 18.1 Å². The molecule has 5 rings (SSSR count). The summed E-state index contributed by atoms with van der Waals surface area (Å²) < 4.78 is 0. The Bertz CT molecular complexity index is 893. The molecule has 142 valence electrons. The van der Waals surface area contributed by atoms with Gasteiger partial charge in [0.05, 0.1) is 17.5 Å². The van der Waals surface area contributed by atoms with Gasteiger partial charge in [0.25, 0.3) is 0 Å². The number of aromatic amines is 1. The molecule has 0 amide bonds. The number of fused-ring (bicyclic) bond motifs is 1. The van der Waals surface area contributed by atoms with Gasteiger partial charge in [-0.25, -0.2) is 9.78 Å². The lowest BCUT2D eigenvalue weighted by Crippen LogP contribution is -2.37. The molecule has 4 N–H and O–H groups in total. The summed E-state index contributed by atoms with van der Waals surface area (Å²) in [5, 5.41) is 30.1. The molecule has 27 heavy (non-hydrogen) atoms. The third-order valence-corrected chi connectivity index (χ3v) is 5.59. The van der Waals surface area contributed by atoms with E-state index in [2.05, 4.69) is 25.5 Å². The van der Waals surface area contributed by atoms with Crippen molar-refractivity contribution in [3.05, 3.63) is 23.0 Å². The van der Waals surface area contributed by atoms with E-state index in [1.54, 1.807) is 4.90 Å². The van der Waals surface area contributed by atoms with Crippen LogP contribution in [0.15, 0.2) is 6.07 Å². The predicted molar refractivity (Wildman–Crippen MR) is 97.3 cm³/mol. The molecule has 3 heterocycles. The summed E-state index contributed by atoms with van der Waals surface area (Å²) in [6.07, 6.45) is 4.62. The van der Waals surface area contributed by atoms with Gasteiger partial charge < -0.3 is 20.4 Å². The third kappa shape index (κ3) is 3.01. The first-order chi connectivity index (χ1) is 13.1. The highest BCUT2D eigenvalue weighted by molar-refractivity contribution is 5.78. The number of aliphatic carboxylic acids is 1. The summed E-state index contributed by atoms with van der Waals surface area (Å²) in [5.74, 6) is 1.44. The van der Waals surface area contributed by atoms with Gasteiger partial charge in [-0.1, -0.05) is 0 Å². The van der Waals surface area contributed by atoms with Crippen LogP contribution < -0.4 is 10.2 Å². The number of aliphatic hydroxyl groups is 1. The molecule has 2 unspecified atom stereocenters. The van der Waals surface area contributed by atoms with Crippen molar-refractivity contribution in [1.29, 1.82) is 0 Å². The smallest absolute Gasteiger partial charge is 0.326 e. The standard InChI is InChI=1S/C18H22N6O3/c25-10-6-14(17(26)27)24(8-10)18-19-12-3-1-2-11(12)16(21-18)20-15-7-13(22-23-15)9-4-5-9/h7,9-10,14,25H,1-6,8H2,(H,26,27)(H2,19,20,21,22,23). The molecule has 2 aromatic heterocycles. The molecular formula is C18H22N6O3. The van der Waals surface area contributed by atoms with E-state index in [0.29, 0.717) is 17.7 Å². The highest BCUT2D eigenvalue weighted by Crippen LogP contribution is 2.40. The van der Waals surface area contributed by atoms with E-state index in [1.807, 2.05) is 6.07 Å². The lowest BCUT2D eigenvalue weighted by Gasteiger charge is -2.22. The SMILES string of the molecule is O=C(O)C1CC(O)CN1c1nc2c(c(Nc3cc(C4CC4)n[nH]3)n1)CCC2. The molecule has 2 aliphatic carbocycles. The van der Waals surface area contributed by atoms with Crippen LogP contribution in [0.1, 0.15) is 48.6 Å². The van der Waals surface area contributed by atoms with E-state index in [9.17, 15) is 15.0 Å². The number of nitrogens with zero attached hydrogens (tertiary/aromatic N) is 4. The number of carbonyl (C=O) groups is 1.